The van der Waals surface area contributed by atoms with Crippen LogP contribution in [0.25, 0.3) is 0 Å². The van der Waals surface area contributed by atoms with Crippen molar-refractivity contribution in [1.29, 1.82) is 0 Å². The molecule has 142 valence electrons. The Kier molecular flexibility index (Phi) is 4.21. The van der Waals surface area contributed by atoms with Crippen LogP contribution in [0.1, 0.15) is 25.8 Å². The molecule has 1 unspecified atom stereocenters. The minimum Gasteiger partial charge on any atom is -0.367 e. The first-order chi connectivity index (χ1) is 12.1. The highest BCUT2D eigenvalue weighted by Gasteiger charge is 2.74. The van der Waals surface area contributed by atoms with Crippen molar-refractivity contribution in [2.24, 2.45) is 0 Å². The molecule has 5 nitrogen and oxygen atoms in total. The molecule has 0 bridgehead atoms. The number of hydrogen-bond donors (Lipinski definition) is 0. The Morgan fingerprint density at radius 3 is 2.42 bits per heavy atom. The molecule has 1 spiro atoms. The average molecular weight is 377 g/mol. The summed E-state index contributed by atoms with van der Waals surface area (Å²) in [7, 11) is -1.62. The van der Waals surface area contributed by atoms with Crippen molar-refractivity contribution in [3.05, 3.63) is 35.9 Å². The lowest BCUT2D eigenvalue weighted by Crippen LogP contribution is -2.67. The van der Waals surface area contributed by atoms with Crippen molar-refractivity contribution in [3.8, 4) is 0 Å². The lowest BCUT2D eigenvalue weighted by atomic mass is 9.73. The molecule has 0 N–H and O–H groups in total. The van der Waals surface area contributed by atoms with Crippen LogP contribution >= 0.6 is 0 Å². The Bertz CT molecular complexity index is 698. The van der Waals surface area contributed by atoms with Crippen molar-refractivity contribution in [1.82, 2.24) is 0 Å². The number of ether oxygens (including phenoxy) is 4. The molecule has 1 saturated carbocycles. The number of hydrogen-bond acceptors (Lipinski definition) is 5. The van der Waals surface area contributed by atoms with E-state index in [0.29, 0.717) is 13.0 Å². The largest absolute Gasteiger partial charge is 0.367 e. The van der Waals surface area contributed by atoms with Crippen LogP contribution in [0.2, 0.25) is 25.2 Å². The van der Waals surface area contributed by atoms with Gasteiger partial charge in [-0.25, -0.2) is 0 Å². The summed E-state index contributed by atoms with van der Waals surface area (Å²) >= 11 is 0. The second kappa shape index (κ2) is 5.97. The van der Waals surface area contributed by atoms with Crippen LogP contribution < -0.4 is 0 Å². The van der Waals surface area contributed by atoms with Crippen molar-refractivity contribution in [3.63, 3.8) is 0 Å². The van der Waals surface area contributed by atoms with E-state index in [1.807, 2.05) is 44.2 Å². The maximum absolute atomic E-state index is 12.8. The Balaban J connectivity index is 1.64. The summed E-state index contributed by atoms with van der Waals surface area (Å²) in [5, 5.41) is 0. The minimum atomic E-state index is -1.62. The molecule has 26 heavy (non-hydrogen) atoms. The van der Waals surface area contributed by atoms with Gasteiger partial charge in [-0.15, -0.1) is 0 Å². The molecular formula is C20H28O5Si. The highest BCUT2D eigenvalue weighted by atomic mass is 28.3. The number of benzene rings is 1. The molecule has 6 heteroatoms. The topological polar surface area (TPSA) is 54.0 Å². The van der Waals surface area contributed by atoms with E-state index in [9.17, 15) is 4.79 Å². The number of Topliss-reactive ketones (excluding diaryl/α,β-unsaturated/α-hetero) is 1. The number of carbonyl (C=O) groups excluding carboxylic acids is 1. The van der Waals surface area contributed by atoms with Gasteiger partial charge in [-0.05, 0) is 25.0 Å². The van der Waals surface area contributed by atoms with Crippen molar-refractivity contribution in [2.45, 2.75) is 81.9 Å². The van der Waals surface area contributed by atoms with Gasteiger partial charge in [0.15, 0.2) is 23.5 Å². The minimum absolute atomic E-state index is 0.127. The van der Waals surface area contributed by atoms with Gasteiger partial charge in [-0.2, -0.15) is 0 Å². The first kappa shape index (κ1) is 18.3. The predicted octanol–water partition coefficient (Wildman–Crippen LogP) is 3.50. The number of carbonyl (C=O) groups is 1. The molecule has 0 radical (unpaired) electrons. The Hall–Kier alpha value is -1.05. The molecule has 1 aliphatic carbocycles. The van der Waals surface area contributed by atoms with Crippen LogP contribution in [-0.4, -0.2) is 43.7 Å². The first-order valence-electron chi connectivity index (χ1n) is 9.36. The molecule has 3 fully saturated rings. The third-order valence-corrected chi connectivity index (χ3v) is 8.50. The van der Waals surface area contributed by atoms with Crippen molar-refractivity contribution >= 4 is 13.9 Å². The van der Waals surface area contributed by atoms with Crippen LogP contribution in [0, 0.1) is 0 Å². The van der Waals surface area contributed by atoms with E-state index >= 15 is 0 Å². The van der Waals surface area contributed by atoms with Gasteiger partial charge in [0.05, 0.1) is 14.7 Å². The molecule has 3 aliphatic rings. The van der Waals surface area contributed by atoms with E-state index in [2.05, 4.69) is 19.6 Å². The van der Waals surface area contributed by atoms with Gasteiger partial charge in [0.1, 0.15) is 12.2 Å². The van der Waals surface area contributed by atoms with Gasteiger partial charge >= 0.3 is 0 Å². The third-order valence-electron chi connectivity index (χ3n) is 5.78. The molecule has 1 aromatic carbocycles. The van der Waals surface area contributed by atoms with Crippen LogP contribution in [0.3, 0.4) is 0 Å². The van der Waals surface area contributed by atoms with E-state index in [1.54, 1.807) is 0 Å². The van der Waals surface area contributed by atoms with Gasteiger partial charge in [-0.1, -0.05) is 50.0 Å². The quantitative estimate of drug-likeness (QED) is 0.753. The number of rotatable bonds is 4. The van der Waals surface area contributed by atoms with Crippen LogP contribution in [-0.2, 0) is 30.3 Å². The normalized spacial score (nSPS) is 38.4. The van der Waals surface area contributed by atoms with Gasteiger partial charge in [-0.3, -0.25) is 4.79 Å². The first-order valence-corrected chi connectivity index (χ1v) is 12.9. The summed E-state index contributed by atoms with van der Waals surface area (Å²) in [5.41, 5.74) is 0.371. The van der Waals surface area contributed by atoms with Gasteiger partial charge < -0.3 is 18.9 Å². The Labute approximate surface area is 156 Å². The molecule has 2 aliphatic heterocycles. The average Bonchev–Trinajstić information content (AvgIpc) is 3.01. The summed E-state index contributed by atoms with van der Waals surface area (Å²) in [6.45, 7) is 11.0. The predicted molar refractivity (Wildman–Crippen MR) is 99.4 cm³/mol. The van der Waals surface area contributed by atoms with Crippen molar-refractivity contribution in [2.75, 3.05) is 0 Å². The van der Waals surface area contributed by atoms with Crippen LogP contribution in [0.15, 0.2) is 30.3 Å². The SMILES string of the molecule is CC1(C)OC2[C@@H](O1)O[C@@]1(C(=O)C[C@H]1[Si](C)(C)C)[C@H]2OCc1ccccc1. The zero-order valence-electron chi connectivity index (χ0n) is 16.2. The molecule has 0 amide bonds. The molecule has 5 atom stereocenters. The van der Waals surface area contributed by atoms with Gasteiger partial charge in [0.2, 0.25) is 0 Å². The van der Waals surface area contributed by atoms with Gasteiger partial charge in [0, 0.05) is 6.42 Å². The monoisotopic (exact) mass is 376 g/mol. The van der Waals surface area contributed by atoms with Gasteiger partial charge in [0.25, 0.3) is 0 Å². The number of ketones is 1. The zero-order valence-corrected chi connectivity index (χ0v) is 17.2. The molecule has 0 aromatic heterocycles. The summed E-state index contributed by atoms with van der Waals surface area (Å²) in [6, 6.07) is 10.00. The summed E-state index contributed by atoms with van der Waals surface area (Å²) in [6.07, 6.45) is -0.790. The Morgan fingerprint density at radius 1 is 1.12 bits per heavy atom. The molecule has 1 aromatic rings. The van der Waals surface area contributed by atoms with E-state index < -0.39 is 31.9 Å². The molecule has 4 rings (SSSR count). The third kappa shape index (κ3) is 2.79. The second-order valence-electron chi connectivity index (χ2n) is 9.14. The summed E-state index contributed by atoms with van der Waals surface area (Å²) in [4.78, 5) is 12.8. The van der Waals surface area contributed by atoms with E-state index in [4.69, 9.17) is 18.9 Å². The Morgan fingerprint density at radius 2 is 1.81 bits per heavy atom. The smallest absolute Gasteiger partial charge is 0.191 e. The fourth-order valence-corrected chi connectivity index (χ4v) is 7.03. The lowest BCUT2D eigenvalue weighted by Gasteiger charge is -2.53. The summed E-state index contributed by atoms with van der Waals surface area (Å²) < 4.78 is 24.7. The highest BCUT2D eigenvalue weighted by molar-refractivity contribution is 6.79. The van der Waals surface area contributed by atoms with Crippen molar-refractivity contribution < 1.29 is 23.7 Å². The molecule has 2 heterocycles. The van der Waals surface area contributed by atoms with E-state index in [1.165, 1.54) is 0 Å². The van der Waals surface area contributed by atoms with E-state index in [0.717, 1.165) is 5.56 Å². The molecular weight excluding hydrogens is 348 g/mol. The van der Waals surface area contributed by atoms with Crippen LogP contribution in [0.4, 0.5) is 0 Å². The molecule has 2 saturated heterocycles. The zero-order chi connectivity index (χ0) is 18.7. The fourth-order valence-electron chi connectivity index (χ4n) is 4.55. The maximum atomic E-state index is 12.8. The standard InChI is InChI=1S/C20H28O5Si/c1-19(2)23-16-17(22-12-13-9-7-6-8-10-13)20(25-18(16)24-19)14(21)11-15(20)26(3,4)5/h6-10,15-18H,11-12H2,1-5H3/t15-,16?,17+,18+,20-/m1/s1. The summed E-state index contributed by atoms with van der Waals surface area (Å²) in [5.74, 6) is -0.602. The van der Waals surface area contributed by atoms with Crippen LogP contribution in [0.5, 0.6) is 0 Å². The fraction of sp³-hybridized carbons (Fsp3) is 0.650. The lowest BCUT2D eigenvalue weighted by molar-refractivity contribution is -0.251. The number of fused-ring (bicyclic) bond motifs is 1. The maximum Gasteiger partial charge on any atom is 0.191 e. The highest BCUT2D eigenvalue weighted by Crippen LogP contribution is 2.59. The second-order valence-corrected chi connectivity index (χ2v) is 14.6. The van der Waals surface area contributed by atoms with E-state index in [-0.39, 0.29) is 17.4 Å².